The van der Waals surface area contributed by atoms with Crippen LogP contribution in [0.3, 0.4) is 0 Å². The van der Waals surface area contributed by atoms with Gasteiger partial charge >= 0.3 is 0 Å². The van der Waals surface area contributed by atoms with Gasteiger partial charge in [-0.05, 0) is 32.1 Å². The van der Waals surface area contributed by atoms with Gasteiger partial charge < -0.3 is 5.32 Å². The van der Waals surface area contributed by atoms with Crippen molar-refractivity contribution in [3.05, 3.63) is 0 Å². The minimum Gasteiger partial charge on any atom is -0.317 e. The monoisotopic (exact) mass is 159 g/mol. The average molecular weight is 159 g/mol. The van der Waals surface area contributed by atoms with Gasteiger partial charge in [-0.1, -0.05) is 6.92 Å². The van der Waals surface area contributed by atoms with Crippen molar-refractivity contribution >= 4 is 11.8 Å². The molecule has 1 N–H and O–H groups in total. The standard InChI is InChI=1S/C8H17NS/c1-3-10-8-5-4-7(6-8)9-2/h7-9H,3-6H2,1-2H3/t7-,8+/m0/s1. The summed E-state index contributed by atoms with van der Waals surface area (Å²) in [5, 5.41) is 4.29. The van der Waals surface area contributed by atoms with E-state index in [0.717, 1.165) is 11.3 Å². The summed E-state index contributed by atoms with van der Waals surface area (Å²) in [4.78, 5) is 0. The molecule has 1 fully saturated rings. The predicted octanol–water partition coefficient (Wildman–Crippen LogP) is 1.88. The number of hydrogen-bond acceptors (Lipinski definition) is 2. The first-order valence-corrected chi connectivity index (χ1v) is 5.20. The smallest absolute Gasteiger partial charge is 0.00750 e. The molecule has 2 atom stereocenters. The van der Waals surface area contributed by atoms with E-state index in [-0.39, 0.29) is 0 Å². The first kappa shape index (κ1) is 8.41. The lowest BCUT2D eigenvalue weighted by Gasteiger charge is -2.08. The summed E-state index contributed by atoms with van der Waals surface area (Å²) >= 11 is 2.12. The minimum absolute atomic E-state index is 0.809. The van der Waals surface area contributed by atoms with Crippen molar-refractivity contribution < 1.29 is 0 Å². The van der Waals surface area contributed by atoms with Crippen LogP contribution in [0.2, 0.25) is 0 Å². The highest BCUT2D eigenvalue weighted by atomic mass is 32.2. The van der Waals surface area contributed by atoms with Crippen LogP contribution in [-0.4, -0.2) is 24.1 Å². The fourth-order valence-corrected chi connectivity index (χ4v) is 2.73. The molecule has 0 spiro atoms. The Morgan fingerprint density at radius 2 is 2.30 bits per heavy atom. The second-order valence-electron chi connectivity index (χ2n) is 2.88. The zero-order chi connectivity index (χ0) is 7.40. The predicted molar refractivity (Wildman–Crippen MR) is 48.6 cm³/mol. The van der Waals surface area contributed by atoms with Gasteiger partial charge in [0.1, 0.15) is 0 Å². The van der Waals surface area contributed by atoms with Crippen molar-refractivity contribution in [3.8, 4) is 0 Å². The molecule has 1 aliphatic carbocycles. The Morgan fingerprint density at radius 3 is 2.80 bits per heavy atom. The molecule has 1 rings (SSSR count). The van der Waals surface area contributed by atoms with Gasteiger partial charge in [0.25, 0.3) is 0 Å². The Balaban J connectivity index is 2.15. The van der Waals surface area contributed by atoms with Crippen LogP contribution in [0, 0.1) is 0 Å². The summed E-state index contributed by atoms with van der Waals surface area (Å²) in [5.41, 5.74) is 0. The lowest BCUT2D eigenvalue weighted by Crippen LogP contribution is -2.21. The quantitative estimate of drug-likeness (QED) is 0.675. The molecule has 0 aromatic rings. The van der Waals surface area contributed by atoms with Gasteiger partial charge in [0.05, 0.1) is 0 Å². The van der Waals surface area contributed by atoms with Crippen molar-refractivity contribution in [2.24, 2.45) is 0 Å². The molecular formula is C8H17NS. The second kappa shape index (κ2) is 4.24. The SMILES string of the molecule is CCS[C@@H]1CC[C@H](NC)C1. The van der Waals surface area contributed by atoms with Crippen molar-refractivity contribution in [1.82, 2.24) is 5.32 Å². The summed E-state index contributed by atoms with van der Waals surface area (Å²) < 4.78 is 0. The van der Waals surface area contributed by atoms with E-state index < -0.39 is 0 Å². The van der Waals surface area contributed by atoms with Gasteiger partial charge in [-0.15, -0.1) is 0 Å². The second-order valence-corrected chi connectivity index (χ2v) is 4.45. The van der Waals surface area contributed by atoms with Gasteiger partial charge in [0.15, 0.2) is 0 Å². The molecule has 0 bridgehead atoms. The van der Waals surface area contributed by atoms with Crippen LogP contribution in [0.25, 0.3) is 0 Å². The fourth-order valence-electron chi connectivity index (χ4n) is 1.59. The summed E-state index contributed by atoms with van der Waals surface area (Å²) in [6.45, 7) is 2.25. The van der Waals surface area contributed by atoms with Crippen molar-refractivity contribution in [1.29, 1.82) is 0 Å². The Kier molecular flexibility index (Phi) is 3.57. The van der Waals surface area contributed by atoms with Gasteiger partial charge in [0, 0.05) is 11.3 Å². The van der Waals surface area contributed by atoms with Crippen molar-refractivity contribution in [2.45, 2.75) is 37.5 Å². The maximum Gasteiger partial charge on any atom is 0.00750 e. The zero-order valence-corrected chi connectivity index (χ0v) is 7.71. The maximum atomic E-state index is 3.34. The summed E-state index contributed by atoms with van der Waals surface area (Å²) in [6, 6.07) is 0.809. The molecule has 0 heterocycles. The summed E-state index contributed by atoms with van der Waals surface area (Å²) in [5.74, 6) is 1.28. The van der Waals surface area contributed by atoms with E-state index in [2.05, 4.69) is 31.1 Å². The van der Waals surface area contributed by atoms with Crippen LogP contribution < -0.4 is 5.32 Å². The van der Waals surface area contributed by atoms with Gasteiger partial charge in [-0.3, -0.25) is 0 Å². The maximum absolute atomic E-state index is 3.34. The highest BCUT2D eigenvalue weighted by Gasteiger charge is 2.22. The number of hydrogen-bond donors (Lipinski definition) is 1. The van der Waals surface area contributed by atoms with Crippen LogP contribution in [0.1, 0.15) is 26.2 Å². The molecule has 1 saturated carbocycles. The molecule has 0 amide bonds. The summed E-state index contributed by atoms with van der Waals surface area (Å²) in [7, 11) is 2.07. The Labute approximate surface area is 68.0 Å². The third kappa shape index (κ3) is 2.17. The zero-order valence-electron chi connectivity index (χ0n) is 6.89. The number of thioether (sulfide) groups is 1. The lowest BCUT2D eigenvalue weighted by molar-refractivity contribution is 0.583. The molecule has 0 aromatic heterocycles. The molecule has 2 heteroatoms. The highest BCUT2D eigenvalue weighted by molar-refractivity contribution is 7.99. The van der Waals surface area contributed by atoms with Crippen LogP contribution in [0.5, 0.6) is 0 Å². The van der Waals surface area contributed by atoms with Crippen molar-refractivity contribution in [3.63, 3.8) is 0 Å². The largest absolute Gasteiger partial charge is 0.317 e. The Morgan fingerprint density at radius 1 is 1.50 bits per heavy atom. The minimum atomic E-state index is 0.809. The van der Waals surface area contributed by atoms with Crippen LogP contribution in [0.4, 0.5) is 0 Å². The third-order valence-corrected chi connectivity index (χ3v) is 3.43. The van der Waals surface area contributed by atoms with E-state index in [1.807, 2.05) is 0 Å². The Bertz CT molecular complexity index is 95.3. The highest BCUT2D eigenvalue weighted by Crippen LogP contribution is 2.29. The molecule has 0 aliphatic heterocycles. The number of nitrogens with one attached hydrogen (secondary N) is 1. The van der Waals surface area contributed by atoms with Gasteiger partial charge in [-0.2, -0.15) is 11.8 Å². The van der Waals surface area contributed by atoms with Crippen LogP contribution in [-0.2, 0) is 0 Å². The van der Waals surface area contributed by atoms with E-state index in [9.17, 15) is 0 Å². The number of rotatable bonds is 3. The molecule has 0 aromatic carbocycles. The van der Waals surface area contributed by atoms with Gasteiger partial charge in [0.2, 0.25) is 0 Å². The average Bonchev–Trinajstić information content (AvgIpc) is 2.37. The third-order valence-electron chi connectivity index (χ3n) is 2.20. The topological polar surface area (TPSA) is 12.0 Å². The van der Waals surface area contributed by atoms with E-state index in [1.165, 1.54) is 25.0 Å². The molecule has 1 aliphatic rings. The summed E-state index contributed by atoms with van der Waals surface area (Å²) in [6.07, 6.45) is 4.19. The van der Waals surface area contributed by atoms with E-state index >= 15 is 0 Å². The molecule has 0 unspecified atom stereocenters. The molecular weight excluding hydrogens is 142 g/mol. The van der Waals surface area contributed by atoms with E-state index in [4.69, 9.17) is 0 Å². The lowest BCUT2D eigenvalue weighted by atomic mass is 10.3. The van der Waals surface area contributed by atoms with Gasteiger partial charge in [-0.25, -0.2) is 0 Å². The molecule has 60 valence electrons. The van der Waals surface area contributed by atoms with Crippen LogP contribution in [0.15, 0.2) is 0 Å². The first-order chi connectivity index (χ1) is 4.86. The van der Waals surface area contributed by atoms with E-state index in [0.29, 0.717) is 0 Å². The van der Waals surface area contributed by atoms with Crippen LogP contribution >= 0.6 is 11.8 Å². The normalized spacial score (nSPS) is 33.0. The molecule has 0 radical (unpaired) electrons. The molecule has 10 heavy (non-hydrogen) atoms. The van der Waals surface area contributed by atoms with Crippen molar-refractivity contribution in [2.75, 3.05) is 12.8 Å². The first-order valence-electron chi connectivity index (χ1n) is 4.15. The fraction of sp³-hybridized carbons (Fsp3) is 1.00. The van der Waals surface area contributed by atoms with E-state index in [1.54, 1.807) is 0 Å². The molecule has 1 nitrogen and oxygen atoms in total. The molecule has 0 saturated heterocycles. The Hall–Kier alpha value is 0.310.